The van der Waals surface area contributed by atoms with Gasteiger partial charge in [-0.1, -0.05) is 29.3 Å². The molecule has 0 saturated heterocycles. The maximum absolute atomic E-state index is 6.21. The largest absolute Gasteiger partial charge is 0.491 e. The van der Waals surface area contributed by atoms with Gasteiger partial charge in [0.25, 0.3) is 0 Å². The van der Waals surface area contributed by atoms with E-state index in [2.05, 4.69) is 5.32 Å². The van der Waals surface area contributed by atoms with Crippen LogP contribution >= 0.6 is 35.6 Å². The Morgan fingerprint density at radius 1 is 1.00 bits per heavy atom. The fourth-order valence-corrected chi connectivity index (χ4v) is 3.04. The van der Waals surface area contributed by atoms with Crippen LogP contribution in [0.5, 0.6) is 17.2 Å². The molecule has 0 unspecified atom stereocenters. The summed E-state index contributed by atoms with van der Waals surface area (Å²) in [7, 11) is 0. The molecule has 0 saturated carbocycles. The highest BCUT2D eigenvalue weighted by molar-refractivity contribution is 6.37. The molecular weight excluding hydrogens is 373 g/mol. The predicted molar refractivity (Wildman–Crippen MR) is 98.0 cm³/mol. The van der Waals surface area contributed by atoms with Gasteiger partial charge in [-0.15, -0.1) is 12.4 Å². The van der Waals surface area contributed by atoms with Gasteiger partial charge in [-0.05, 0) is 42.3 Å². The van der Waals surface area contributed by atoms with E-state index in [0.717, 1.165) is 22.6 Å². The molecule has 0 radical (unpaired) electrons. The molecule has 3 rings (SSSR count). The first-order valence-electron chi connectivity index (χ1n) is 7.37. The van der Waals surface area contributed by atoms with Crippen LogP contribution in [0.25, 0.3) is 0 Å². The Morgan fingerprint density at radius 2 is 1.67 bits per heavy atom. The Hall–Kier alpha value is -1.33. The average molecular weight is 391 g/mol. The van der Waals surface area contributed by atoms with Crippen LogP contribution in [-0.4, -0.2) is 13.4 Å². The number of fused-ring (bicyclic) bond motifs is 1. The van der Waals surface area contributed by atoms with Crippen LogP contribution in [0.4, 0.5) is 0 Å². The monoisotopic (exact) mass is 389 g/mol. The SMILES string of the molecule is CCOc1c(Cl)cc(CNCc2ccc3c(c2)OCO3)cc1Cl.Cl. The van der Waals surface area contributed by atoms with Crippen molar-refractivity contribution in [3.63, 3.8) is 0 Å². The predicted octanol–water partition coefficient (Wildman–Crippen LogP) is 4.83. The molecule has 4 nitrogen and oxygen atoms in total. The second kappa shape index (κ2) is 8.67. The lowest BCUT2D eigenvalue weighted by molar-refractivity contribution is 0.174. The molecule has 1 heterocycles. The molecule has 0 fully saturated rings. The van der Waals surface area contributed by atoms with E-state index in [1.165, 1.54) is 0 Å². The first-order valence-corrected chi connectivity index (χ1v) is 8.13. The van der Waals surface area contributed by atoms with Gasteiger partial charge in [-0.2, -0.15) is 0 Å². The molecule has 0 bridgehead atoms. The normalized spacial score (nSPS) is 12.0. The molecule has 1 N–H and O–H groups in total. The first kappa shape index (κ1) is 19.0. The standard InChI is InChI=1S/C17H17Cl2NO3.ClH/c1-2-21-17-13(18)5-12(6-14(17)19)9-20-8-11-3-4-15-16(7-11)23-10-22-15;/h3-7,20H,2,8-10H2,1H3;1H. The van der Waals surface area contributed by atoms with Crippen molar-refractivity contribution in [1.82, 2.24) is 5.32 Å². The van der Waals surface area contributed by atoms with E-state index in [0.29, 0.717) is 35.5 Å². The summed E-state index contributed by atoms with van der Waals surface area (Å²) >= 11 is 12.4. The Morgan fingerprint density at radius 3 is 2.38 bits per heavy atom. The maximum atomic E-state index is 6.21. The maximum Gasteiger partial charge on any atom is 0.231 e. The van der Waals surface area contributed by atoms with Gasteiger partial charge >= 0.3 is 0 Å². The van der Waals surface area contributed by atoms with E-state index in [1.807, 2.05) is 37.3 Å². The Bertz CT molecular complexity index is 686. The topological polar surface area (TPSA) is 39.7 Å². The van der Waals surface area contributed by atoms with Crippen LogP contribution in [0.2, 0.25) is 10.0 Å². The number of hydrogen-bond acceptors (Lipinski definition) is 4. The van der Waals surface area contributed by atoms with E-state index in [-0.39, 0.29) is 19.2 Å². The zero-order valence-corrected chi connectivity index (χ0v) is 15.4. The summed E-state index contributed by atoms with van der Waals surface area (Å²) in [4.78, 5) is 0. The molecular formula is C17H18Cl3NO3. The van der Waals surface area contributed by atoms with Crippen molar-refractivity contribution in [1.29, 1.82) is 0 Å². The highest BCUT2D eigenvalue weighted by Crippen LogP contribution is 2.34. The van der Waals surface area contributed by atoms with Gasteiger partial charge in [-0.3, -0.25) is 0 Å². The minimum absolute atomic E-state index is 0. The number of hydrogen-bond donors (Lipinski definition) is 1. The third-order valence-corrected chi connectivity index (χ3v) is 4.00. The Balaban J connectivity index is 0.00000208. The second-order valence-corrected chi connectivity index (χ2v) is 5.93. The average Bonchev–Trinajstić information content (AvgIpc) is 2.98. The van der Waals surface area contributed by atoms with E-state index in [4.69, 9.17) is 37.4 Å². The molecule has 0 aliphatic carbocycles. The van der Waals surface area contributed by atoms with E-state index >= 15 is 0 Å². The van der Waals surface area contributed by atoms with E-state index in [1.54, 1.807) is 0 Å². The fraction of sp³-hybridized carbons (Fsp3) is 0.294. The summed E-state index contributed by atoms with van der Waals surface area (Å²) in [6.45, 7) is 4.07. The van der Waals surface area contributed by atoms with Crippen LogP contribution in [0.1, 0.15) is 18.1 Å². The van der Waals surface area contributed by atoms with Gasteiger partial charge in [0.2, 0.25) is 6.79 Å². The van der Waals surface area contributed by atoms with Crippen molar-refractivity contribution < 1.29 is 14.2 Å². The first-order chi connectivity index (χ1) is 11.2. The molecule has 0 spiro atoms. The van der Waals surface area contributed by atoms with Gasteiger partial charge in [0.15, 0.2) is 17.2 Å². The molecule has 0 atom stereocenters. The third-order valence-electron chi connectivity index (χ3n) is 3.44. The van der Waals surface area contributed by atoms with Crippen molar-refractivity contribution in [2.45, 2.75) is 20.0 Å². The summed E-state index contributed by atoms with van der Waals surface area (Å²) < 4.78 is 16.1. The Labute approximate surface area is 157 Å². The fourth-order valence-electron chi connectivity index (χ4n) is 2.40. The van der Waals surface area contributed by atoms with Crippen LogP contribution in [-0.2, 0) is 13.1 Å². The smallest absolute Gasteiger partial charge is 0.231 e. The van der Waals surface area contributed by atoms with Gasteiger partial charge in [0.05, 0.1) is 16.7 Å². The van der Waals surface area contributed by atoms with Crippen LogP contribution in [0.3, 0.4) is 0 Å². The lowest BCUT2D eigenvalue weighted by atomic mass is 10.2. The molecule has 130 valence electrons. The third kappa shape index (κ3) is 4.39. The molecule has 0 aromatic heterocycles. The van der Waals surface area contributed by atoms with Crippen LogP contribution in [0, 0.1) is 0 Å². The van der Waals surface area contributed by atoms with E-state index < -0.39 is 0 Å². The summed E-state index contributed by atoms with van der Waals surface area (Å²) in [5, 5.41) is 4.41. The highest BCUT2D eigenvalue weighted by Gasteiger charge is 2.13. The zero-order chi connectivity index (χ0) is 16.2. The van der Waals surface area contributed by atoms with Gasteiger partial charge in [-0.25, -0.2) is 0 Å². The zero-order valence-electron chi connectivity index (χ0n) is 13.1. The Kier molecular flexibility index (Phi) is 6.87. The summed E-state index contributed by atoms with van der Waals surface area (Å²) in [6, 6.07) is 9.65. The number of nitrogens with one attached hydrogen (secondary N) is 1. The molecule has 0 amide bonds. The van der Waals surface area contributed by atoms with Gasteiger partial charge in [0.1, 0.15) is 0 Å². The minimum atomic E-state index is 0. The van der Waals surface area contributed by atoms with Gasteiger partial charge in [0, 0.05) is 13.1 Å². The van der Waals surface area contributed by atoms with Crippen molar-refractivity contribution in [2.75, 3.05) is 13.4 Å². The van der Waals surface area contributed by atoms with Crippen molar-refractivity contribution in [2.24, 2.45) is 0 Å². The molecule has 1 aliphatic rings. The lowest BCUT2D eigenvalue weighted by Gasteiger charge is -2.11. The summed E-state index contributed by atoms with van der Waals surface area (Å²) in [5.74, 6) is 2.12. The number of halogens is 3. The second-order valence-electron chi connectivity index (χ2n) is 5.11. The quantitative estimate of drug-likeness (QED) is 0.766. The van der Waals surface area contributed by atoms with Crippen molar-refractivity contribution >= 4 is 35.6 Å². The number of benzene rings is 2. The van der Waals surface area contributed by atoms with E-state index in [9.17, 15) is 0 Å². The molecule has 2 aromatic rings. The number of rotatable bonds is 6. The summed E-state index contributed by atoms with van der Waals surface area (Å²) in [5.41, 5.74) is 2.13. The molecule has 7 heteroatoms. The summed E-state index contributed by atoms with van der Waals surface area (Å²) in [6.07, 6.45) is 0. The van der Waals surface area contributed by atoms with Gasteiger partial charge < -0.3 is 19.5 Å². The van der Waals surface area contributed by atoms with Crippen LogP contribution < -0.4 is 19.5 Å². The van der Waals surface area contributed by atoms with Crippen molar-refractivity contribution in [3.05, 3.63) is 51.5 Å². The van der Waals surface area contributed by atoms with Crippen molar-refractivity contribution in [3.8, 4) is 17.2 Å². The minimum Gasteiger partial charge on any atom is -0.491 e. The molecule has 2 aromatic carbocycles. The molecule has 24 heavy (non-hydrogen) atoms. The van der Waals surface area contributed by atoms with Crippen LogP contribution in [0.15, 0.2) is 30.3 Å². The lowest BCUT2D eigenvalue weighted by Crippen LogP contribution is -2.12. The highest BCUT2D eigenvalue weighted by atomic mass is 35.5. The molecule has 1 aliphatic heterocycles. The number of ether oxygens (including phenoxy) is 3.